The van der Waals surface area contributed by atoms with Crippen LogP contribution in [-0.2, 0) is 4.74 Å². The molecule has 0 saturated carbocycles. The largest absolute Gasteiger partial charge is 0.462 e. The van der Waals surface area contributed by atoms with Crippen molar-refractivity contribution in [1.82, 2.24) is 5.32 Å². The predicted octanol–water partition coefficient (Wildman–Crippen LogP) is 2.97. The number of rotatable bonds is 4. The number of nitrogens with one attached hydrogen (secondary N) is 1. The van der Waals surface area contributed by atoms with Gasteiger partial charge in [-0.2, -0.15) is 0 Å². The molecule has 1 aromatic carbocycles. The molecule has 21 heavy (non-hydrogen) atoms. The molecule has 0 spiro atoms. The molecular weight excluding hydrogens is 272 g/mol. The number of amidine groups is 1. The minimum atomic E-state index is -0.611. The molecule has 2 rings (SSSR count). The lowest BCUT2D eigenvalue weighted by molar-refractivity contribution is 0.0505. The Hall–Kier alpha value is -2.83. The first-order chi connectivity index (χ1) is 10.1. The van der Waals surface area contributed by atoms with Crippen LogP contribution in [0.25, 0.3) is 0 Å². The van der Waals surface area contributed by atoms with Crippen LogP contribution in [0.4, 0.5) is 10.5 Å². The molecule has 7 nitrogen and oxygen atoms in total. The van der Waals surface area contributed by atoms with Crippen LogP contribution in [-0.4, -0.2) is 24.4 Å². The number of nitrogens with zero attached hydrogens (tertiary/aromatic N) is 3. The van der Waals surface area contributed by atoms with Crippen LogP contribution in [0, 0.1) is 0 Å². The third-order valence-corrected chi connectivity index (χ3v) is 2.52. The summed E-state index contributed by atoms with van der Waals surface area (Å²) in [4.78, 5) is 27.1. The van der Waals surface area contributed by atoms with Crippen molar-refractivity contribution >= 4 is 23.5 Å². The number of hydrogen-bond donors (Lipinski definition) is 1. The Morgan fingerprint density at radius 1 is 1.43 bits per heavy atom. The van der Waals surface area contributed by atoms with Gasteiger partial charge < -0.3 is 4.74 Å². The summed E-state index contributed by atoms with van der Waals surface area (Å²) >= 11 is 0. The van der Waals surface area contributed by atoms with Gasteiger partial charge in [0.1, 0.15) is 5.70 Å². The maximum absolute atomic E-state index is 11.8. The van der Waals surface area contributed by atoms with Gasteiger partial charge in [-0.05, 0) is 24.6 Å². The molecule has 0 unspecified atom stereocenters. The Morgan fingerprint density at radius 3 is 3.00 bits per heavy atom. The highest BCUT2D eigenvalue weighted by molar-refractivity contribution is 6.09. The maximum atomic E-state index is 11.8. The summed E-state index contributed by atoms with van der Waals surface area (Å²) < 4.78 is 5.05. The molecule has 7 heteroatoms. The third-order valence-electron chi connectivity index (χ3n) is 2.52. The number of ether oxygens (including phenoxy) is 1. The molecule has 108 valence electrons. The lowest BCUT2D eigenvalue weighted by atomic mass is 10.2. The fraction of sp³-hybridized carbons (Fsp3) is 0.214. The SMILES string of the molecule is C=C1N=NC(=O)NC1=Nc1cccc(C(=O)OCCC)c1. The van der Waals surface area contributed by atoms with Gasteiger partial charge in [-0.1, -0.05) is 24.7 Å². The number of carbonyl (C=O) groups is 2. The van der Waals surface area contributed by atoms with Crippen LogP contribution < -0.4 is 5.32 Å². The van der Waals surface area contributed by atoms with E-state index in [1.165, 1.54) is 0 Å². The molecule has 0 aromatic heterocycles. The number of amides is 2. The van der Waals surface area contributed by atoms with Crippen molar-refractivity contribution in [3.05, 3.63) is 42.1 Å². The molecule has 0 fully saturated rings. The van der Waals surface area contributed by atoms with Crippen molar-refractivity contribution < 1.29 is 14.3 Å². The molecule has 0 aliphatic carbocycles. The number of benzene rings is 1. The van der Waals surface area contributed by atoms with E-state index in [0.29, 0.717) is 17.9 Å². The van der Waals surface area contributed by atoms with Crippen LogP contribution in [0.3, 0.4) is 0 Å². The first-order valence-corrected chi connectivity index (χ1v) is 6.38. The minimum Gasteiger partial charge on any atom is -0.462 e. The Morgan fingerprint density at radius 2 is 2.24 bits per heavy atom. The quantitative estimate of drug-likeness (QED) is 0.862. The van der Waals surface area contributed by atoms with Gasteiger partial charge in [-0.3, -0.25) is 5.32 Å². The molecule has 1 aliphatic rings. The molecule has 0 atom stereocenters. The van der Waals surface area contributed by atoms with E-state index in [2.05, 4.69) is 27.1 Å². The van der Waals surface area contributed by atoms with E-state index in [1.807, 2.05) is 6.92 Å². The summed E-state index contributed by atoms with van der Waals surface area (Å²) in [5, 5.41) is 9.32. The Bertz CT molecular complexity index is 649. The van der Waals surface area contributed by atoms with E-state index in [9.17, 15) is 9.59 Å². The second-order valence-corrected chi connectivity index (χ2v) is 4.22. The normalized spacial score (nSPS) is 16.0. The Kier molecular flexibility index (Phi) is 4.55. The minimum absolute atomic E-state index is 0.203. The van der Waals surface area contributed by atoms with Crippen molar-refractivity contribution in [1.29, 1.82) is 0 Å². The first kappa shape index (κ1) is 14.6. The molecule has 0 radical (unpaired) electrons. The summed E-state index contributed by atoms with van der Waals surface area (Å²) in [7, 11) is 0. The van der Waals surface area contributed by atoms with E-state index >= 15 is 0 Å². The third kappa shape index (κ3) is 3.82. The van der Waals surface area contributed by atoms with Crippen molar-refractivity contribution in [2.75, 3.05) is 6.61 Å². The number of carbonyl (C=O) groups excluding carboxylic acids is 2. The fourth-order valence-corrected chi connectivity index (χ4v) is 1.55. The second kappa shape index (κ2) is 6.56. The topological polar surface area (TPSA) is 92.5 Å². The van der Waals surface area contributed by atoms with E-state index in [0.717, 1.165) is 6.42 Å². The van der Waals surface area contributed by atoms with Crippen LogP contribution >= 0.6 is 0 Å². The lowest BCUT2D eigenvalue weighted by Crippen LogP contribution is -2.31. The monoisotopic (exact) mass is 286 g/mol. The zero-order chi connectivity index (χ0) is 15.2. The molecule has 1 heterocycles. The number of esters is 1. The predicted molar refractivity (Wildman–Crippen MR) is 76.6 cm³/mol. The van der Waals surface area contributed by atoms with Crippen LogP contribution in [0.15, 0.2) is 51.8 Å². The van der Waals surface area contributed by atoms with Crippen molar-refractivity contribution in [2.24, 2.45) is 15.2 Å². The zero-order valence-electron chi connectivity index (χ0n) is 11.5. The van der Waals surface area contributed by atoms with Crippen molar-refractivity contribution in [2.45, 2.75) is 13.3 Å². The molecular formula is C14H14N4O3. The van der Waals surface area contributed by atoms with Crippen LogP contribution in [0.5, 0.6) is 0 Å². The summed E-state index contributed by atoms with van der Waals surface area (Å²) in [6.07, 6.45) is 0.755. The number of urea groups is 1. The highest BCUT2D eigenvalue weighted by atomic mass is 16.5. The number of aliphatic imine (C=N–C) groups is 1. The Balaban J connectivity index is 2.21. The van der Waals surface area contributed by atoms with Crippen LogP contribution in [0.2, 0.25) is 0 Å². The van der Waals surface area contributed by atoms with Crippen molar-refractivity contribution in [3.8, 4) is 0 Å². The summed E-state index contributed by atoms with van der Waals surface area (Å²) in [5.74, 6) is -0.209. The van der Waals surface area contributed by atoms with Gasteiger partial charge in [0.25, 0.3) is 0 Å². The van der Waals surface area contributed by atoms with E-state index in [4.69, 9.17) is 4.74 Å². The molecule has 2 amide bonds. The molecule has 0 saturated heterocycles. The smallest absolute Gasteiger partial charge is 0.365 e. The summed E-state index contributed by atoms with van der Waals surface area (Å²) in [6, 6.07) is 5.96. The summed E-state index contributed by atoms with van der Waals surface area (Å²) in [6.45, 7) is 5.91. The van der Waals surface area contributed by atoms with Gasteiger partial charge in [0.15, 0.2) is 5.84 Å². The molecule has 1 aliphatic heterocycles. The average molecular weight is 286 g/mol. The van der Waals surface area contributed by atoms with Crippen LogP contribution in [0.1, 0.15) is 23.7 Å². The van der Waals surface area contributed by atoms with Gasteiger partial charge in [-0.15, -0.1) is 5.11 Å². The number of azo groups is 1. The lowest BCUT2D eigenvalue weighted by Gasteiger charge is -2.09. The van der Waals surface area contributed by atoms with E-state index in [1.54, 1.807) is 24.3 Å². The fourth-order valence-electron chi connectivity index (χ4n) is 1.55. The maximum Gasteiger partial charge on any atom is 0.365 e. The first-order valence-electron chi connectivity index (χ1n) is 6.38. The Labute approximate surface area is 121 Å². The van der Waals surface area contributed by atoms with Gasteiger partial charge in [0.2, 0.25) is 0 Å². The van der Waals surface area contributed by atoms with E-state index < -0.39 is 12.0 Å². The van der Waals surface area contributed by atoms with E-state index in [-0.39, 0.29) is 11.5 Å². The zero-order valence-corrected chi connectivity index (χ0v) is 11.5. The highest BCUT2D eigenvalue weighted by Crippen LogP contribution is 2.17. The van der Waals surface area contributed by atoms with Gasteiger partial charge in [0, 0.05) is 0 Å². The number of hydrogen-bond acceptors (Lipinski definition) is 5. The van der Waals surface area contributed by atoms with Gasteiger partial charge in [0.05, 0.1) is 17.9 Å². The molecule has 0 bridgehead atoms. The average Bonchev–Trinajstić information content (AvgIpc) is 2.49. The van der Waals surface area contributed by atoms with Crippen molar-refractivity contribution in [3.63, 3.8) is 0 Å². The van der Waals surface area contributed by atoms with Gasteiger partial charge in [-0.25, -0.2) is 14.6 Å². The molecule has 1 N–H and O–H groups in total. The summed E-state index contributed by atoms with van der Waals surface area (Å²) in [5.41, 5.74) is 1.11. The highest BCUT2D eigenvalue weighted by Gasteiger charge is 2.15. The second-order valence-electron chi connectivity index (χ2n) is 4.22. The molecule has 1 aromatic rings. The standard InChI is InChI=1S/C14H14N4O3/c1-3-7-21-13(19)10-5-4-6-11(8-10)15-12-9(2)17-18-14(20)16-12/h4-6,8H,2-3,7H2,1H3,(H,15,16,20). The van der Waals surface area contributed by atoms with Gasteiger partial charge >= 0.3 is 12.0 Å².